The van der Waals surface area contributed by atoms with Crippen molar-refractivity contribution in [2.45, 2.75) is 58.3 Å². The number of hydrogen-bond donors (Lipinski definition) is 0. The number of carbonyl (C=O) groups excluding carboxylic acids is 4. The Bertz CT molecular complexity index is 871. The van der Waals surface area contributed by atoms with Crippen molar-refractivity contribution in [3.63, 3.8) is 0 Å². The van der Waals surface area contributed by atoms with Gasteiger partial charge in [0.05, 0.1) is 0 Å². The van der Waals surface area contributed by atoms with Gasteiger partial charge in [0.25, 0.3) is 0 Å². The highest BCUT2D eigenvalue weighted by molar-refractivity contribution is 6.30. The van der Waals surface area contributed by atoms with E-state index in [-0.39, 0.29) is 6.61 Å². The molecule has 1 aliphatic heterocycles. The molecular weight excluding hydrogens is 446 g/mol. The van der Waals surface area contributed by atoms with Gasteiger partial charge in [-0.2, -0.15) is 0 Å². The lowest BCUT2D eigenvalue weighted by Gasteiger charge is -2.43. The van der Waals surface area contributed by atoms with Crippen LogP contribution in [0.3, 0.4) is 0 Å². The summed E-state index contributed by atoms with van der Waals surface area (Å²) in [6, 6.07) is 6.74. The summed E-state index contributed by atoms with van der Waals surface area (Å²) in [5.74, 6) is -2.70. The number of hydrogen-bond acceptors (Lipinski definition) is 10. The second kappa shape index (κ2) is 11.6. The highest BCUT2D eigenvalue weighted by Gasteiger charge is 2.52. The number of esters is 4. The van der Waals surface area contributed by atoms with Crippen LogP contribution in [0.1, 0.15) is 33.3 Å². The van der Waals surface area contributed by atoms with Crippen LogP contribution in [0, 0.1) is 0 Å². The van der Waals surface area contributed by atoms with E-state index in [2.05, 4.69) is 4.99 Å². The van der Waals surface area contributed by atoms with Gasteiger partial charge in [0.1, 0.15) is 12.7 Å². The molecule has 1 heterocycles. The molecular formula is C21H24ClNO9. The molecule has 1 saturated heterocycles. The second-order valence-electron chi connectivity index (χ2n) is 6.92. The number of halogens is 1. The summed E-state index contributed by atoms with van der Waals surface area (Å²) in [5, 5.41) is 0.537. The van der Waals surface area contributed by atoms with Crippen molar-refractivity contribution in [1.82, 2.24) is 0 Å². The molecule has 0 aliphatic carbocycles. The quantitative estimate of drug-likeness (QED) is 0.334. The van der Waals surface area contributed by atoms with E-state index < -0.39 is 54.5 Å². The lowest BCUT2D eigenvalue weighted by atomic mass is 9.97. The van der Waals surface area contributed by atoms with Crippen molar-refractivity contribution in [3.05, 3.63) is 34.9 Å². The summed E-state index contributed by atoms with van der Waals surface area (Å²) in [6.45, 7) is 4.35. The van der Waals surface area contributed by atoms with Crippen LogP contribution < -0.4 is 0 Å². The Hall–Kier alpha value is -2.98. The fourth-order valence-electron chi connectivity index (χ4n) is 3.03. The van der Waals surface area contributed by atoms with Crippen molar-refractivity contribution in [1.29, 1.82) is 0 Å². The molecule has 5 atom stereocenters. The third kappa shape index (κ3) is 7.61. The van der Waals surface area contributed by atoms with Gasteiger partial charge in [-0.1, -0.05) is 23.7 Å². The summed E-state index contributed by atoms with van der Waals surface area (Å²) >= 11 is 5.89. The summed E-state index contributed by atoms with van der Waals surface area (Å²) in [6.07, 6.45) is -4.48. The van der Waals surface area contributed by atoms with Crippen molar-refractivity contribution >= 4 is 41.7 Å². The number of benzene rings is 1. The highest BCUT2D eigenvalue weighted by Crippen LogP contribution is 2.30. The summed E-state index contributed by atoms with van der Waals surface area (Å²) < 4.78 is 26.9. The predicted molar refractivity (Wildman–Crippen MR) is 111 cm³/mol. The van der Waals surface area contributed by atoms with Crippen molar-refractivity contribution in [2.24, 2.45) is 4.99 Å². The Morgan fingerprint density at radius 3 is 1.94 bits per heavy atom. The number of nitrogens with zero attached hydrogens (tertiary/aromatic N) is 1. The first-order valence-electron chi connectivity index (χ1n) is 9.66. The van der Waals surface area contributed by atoms with Crippen LogP contribution in [0.15, 0.2) is 29.3 Å². The van der Waals surface area contributed by atoms with E-state index in [0.29, 0.717) is 10.6 Å². The zero-order valence-corrected chi connectivity index (χ0v) is 18.7. The Kier molecular flexibility index (Phi) is 9.15. The van der Waals surface area contributed by atoms with Crippen LogP contribution >= 0.6 is 11.6 Å². The Labute approximate surface area is 189 Å². The van der Waals surface area contributed by atoms with Gasteiger partial charge < -0.3 is 23.7 Å². The molecule has 1 aromatic carbocycles. The number of ether oxygens (including phenoxy) is 5. The van der Waals surface area contributed by atoms with Crippen LogP contribution in [0.4, 0.5) is 0 Å². The molecule has 0 amide bonds. The molecule has 0 N–H and O–H groups in total. The molecule has 1 fully saturated rings. The molecule has 0 spiro atoms. The average Bonchev–Trinajstić information content (AvgIpc) is 2.69. The van der Waals surface area contributed by atoms with E-state index in [9.17, 15) is 19.2 Å². The SMILES string of the molecule is CC(=O)OC[C@H]1O[C@@H](/N=C/c2ccc(Cl)cc2)[C@H](OC(C)=O)[C@@H](OC(C)=O)[C@H]1OC(C)=O. The molecule has 1 aromatic rings. The first kappa shape index (κ1) is 25.3. The Morgan fingerprint density at radius 2 is 1.41 bits per heavy atom. The van der Waals surface area contributed by atoms with E-state index in [1.54, 1.807) is 24.3 Å². The van der Waals surface area contributed by atoms with Crippen LogP contribution in [0.5, 0.6) is 0 Å². The average molecular weight is 470 g/mol. The number of rotatable bonds is 7. The van der Waals surface area contributed by atoms with Crippen LogP contribution in [0.2, 0.25) is 5.02 Å². The van der Waals surface area contributed by atoms with E-state index in [1.165, 1.54) is 13.1 Å². The third-order valence-corrected chi connectivity index (χ3v) is 4.46. The maximum atomic E-state index is 11.8. The van der Waals surface area contributed by atoms with Crippen molar-refractivity contribution in [3.8, 4) is 0 Å². The minimum Gasteiger partial charge on any atom is -0.463 e. The Morgan fingerprint density at radius 1 is 0.875 bits per heavy atom. The van der Waals surface area contributed by atoms with Gasteiger partial charge in [0, 0.05) is 38.9 Å². The lowest BCUT2D eigenvalue weighted by molar-refractivity contribution is -0.250. The smallest absolute Gasteiger partial charge is 0.303 e. The molecule has 1 aliphatic rings. The summed E-state index contributed by atoms with van der Waals surface area (Å²) in [5.41, 5.74) is 0.669. The minimum atomic E-state index is -1.26. The van der Waals surface area contributed by atoms with Gasteiger partial charge in [0.2, 0.25) is 0 Å². The van der Waals surface area contributed by atoms with Crippen LogP contribution in [-0.4, -0.2) is 67.3 Å². The van der Waals surface area contributed by atoms with E-state index >= 15 is 0 Å². The molecule has 0 aromatic heterocycles. The molecule has 10 nitrogen and oxygen atoms in total. The monoisotopic (exact) mass is 469 g/mol. The third-order valence-electron chi connectivity index (χ3n) is 4.21. The maximum absolute atomic E-state index is 11.8. The Balaban J connectivity index is 2.44. The van der Waals surface area contributed by atoms with Crippen molar-refractivity contribution < 1.29 is 42.9 Å². The predicted octanol–water partition coefficient (Wildman–Crippen LogP) is 1.84. The van der Waals surface area contributed by atoms with Gasteiger partial charge in [-0.05, 0) is 17.7 Å². The topological polar surface area (TPSA) is 127 Å². The molecule has 174 valence electrons. The maximum Gasteiger partial charge on any atom is 0.303 e. The normalized spacial score (nSPS) is 25.1. The largest absolute Gasteiger partial charge is 0.463 e. The lowest BCUT2D eigenvalue weighted by Crippen LogP contribution is -2.62. The highest BCUT2D eigenvalue weighted by atomic mass is 35.5. The standard InChI is InChI=1S/C21H24ClNO9/c1-11(24)28-10-17-18(29-12(2)25)19(30-13(3)26)20(31-14(4)27)21(32-17)23-9-15-5-7-16(22)8-6-15/h5-9,17-21H,10H2,1-4H3/b23-9+/t17-,18+,19+,20-,21-/m1/s1. The summed E-state index contributed by atoms with van der Waals surface area (Å²) in [7, 11) is 0. The van der Waals surface area contributed by atoms with Gasteiger partial charge >= 0.3 is 23.9 Å². The zero-order chi connectivity index (χ0) is 23.8. The fraction of sp³-hybridized carbons (Fsp3) is 0.476. The molecule has 0 unspecified atom stereocenters. The fourth-order valence-corrected chi connectivity index (χ4v) is 3.16. The van der Waals surface area contributed by atoms with Gasteiger partial charge in [-0.3, -0.25) is 24.2 Å². The second-order valence-corrected chi connectivity index (χ2v) is 7.36. The van der Waals surface area contributed by atoms with Crippen LogP contribution in [0.25, 0.3) is 0 Å². The van der Waals surface area contributed by atoms with E-state index in [4.69, 9.17) is 35.3 Å². The van der Waals surface area contributed by atoms with Gasteiger partial charge in [0.15, 0.2) is 24.5 Å². The molecule has 0 radical (unpaired) electrons. The molecule has 0 bridgehead atoms. The molecule has 0 saturated carbocycles. The number of aliphatic imine (C=N–C) groups is 1. The summed E-state index contributed by atoms with van der Waals surface area (Å²) in [4.78, 5) is 50.9. The van der Waals surface area contributed by atoms with Crippen LogP contribution in [-0.2, 0) is 42.9 Å². The zero-order valence-electron chi connectivity index (χ0n) is 18.0. The van der Waals surface area contributed by atoms with E-state index in [1.807, 2.05) is 0 Å². The molecule has 32 heavy (non-hydrogen) atoms. The first-order chi connectivity index (χ1) is 15.1. The van der Waals surface area contributed by atoms with Gasteiger partial charge in [-0.15, -0.1) is 0 Å². The molecule has 2 rings (SSSR count). The van der Waals surface area contributed by atoms with E-state index in [0.717, 1.165) is 20.8 Å². The first-order valence-corrected chi connectivity index (χ1v) is 10.0. The van der Waals surface area contributed by atoms with Gasteiger partial charge in [-0.25, -0.2) is 0 Å². The minimum absolute atomic E-state index is 0.315. The van der Waals surface area contributed by atoms with Crippen molar-refractivity contribution in [2.75, 3.05) is 6.61 Å². The number of carbonyl (C=O) groups is 4. The molecule has 11 heteroatoms.